The number of nitrogens with one attached hydrogen (secondary N) is 1. The Hall–Kier alpha value is -3.06. The summed E-state index contributed by atoms with van der Waals surface area (Å²) in [7, 11) is 0. The Kier molecular flexibility index (Phi) is 5.06. The number of aromatic nitrogens is 1. The van der Waals surface area contributed by atoms with E-state index in [9.17, 15) is 9.59 Å². The van der Waals surface area contributed by atoms with Crippen molar-refractivity contribution in [2.75, 3.05) is 26.2 Å². The number of piperazine rings is 1. The van der Waals surface area contributed by atoms with Crippen LogP contribution in [0.2, 0.25) is 0 Å². The summed E-state index contributed by atoms with van der Waals surface area (Å²) in [6.07, 6.45) is 2.26. The number of furan rings is 1. The highest BCUT2D eigenvalue weighted by atomic mass is 79.9. The Morgan fingerprint density at radius 2 is 1.77 bits per heavy atom. The van der Waals surface area contributed by atoms with Gasteiger partial charge in [0.05, 0.1) is 6.42 Å². The Bertz CT molecular complexity index is 1300. The molecule has 0 saturated carbocycles. The largest absolute Gasteiger partial charge is 0.451 e. The first kappa shape index (κ1) is 19.9. The molecule has 0 radical (unpaired) electrons. The summed E-state index contributed by atoms with van der Waals surface area (Å²) in [6, 6.07) is 13.7. The maximum Gasteiger partial charge on any atom is 0.290 e. The van der Waals surface area contributed by atoms with Crippen molar-refractivity contribution >= 4 is 49.6 Å². The molecule has 1 aliphatic heterocycles. The third kappa shape index (κ3) is 3.63. The van der Waals surface area contributed by atoms with E-state index in [1.807, 2.05) is 60.5 Å². The first-order valence-corrected chi connectivity index (χ1v) is 11.1. The molecule has 31 heavy (non-hydrogen) atoms. The lowest BCUT2D eigenvalue weighted by Crippen LogP contribution is -2.51. The average molecular weight is 480 g/mol. The fourth-order valence-corrected chi connectivity index (χ4v) is 4.61. The molecule has 1 N–H and O–H groups in total. The molecule has 0 spiro atoms. The van der Waals surface area contributed by atoms with Gasteiger partial charge in [-0.3, -0.25) is 9.59 Å². The number of halogens is 1. The maximum absolute atomic E-state index is 13.1. The Morgan fingerprint density at radius 1 is 1.03 bits per heavy atom. The molecule has 5 rings (SSSR count). The molecule has 0 atom stereocenters. The molecule has 0 unspecified atom stereocenters. The van der Waals surface area contributed by atoms with Gasteiger partial charge in [0.2, 0.25) is 5.91 Å². The van der Waals surface area contributed by atoms with Gasteiger partial charge in [-0.1, -0.05) is 34.1 Å². The molecule has 158 valence electrons. The monoisotopic (exact) mass is 479 g/mol. The van der Waals surface area contributed by atoms with E-state index in [2.05, 4.69) is 20.9 Å². The number of fused-ring (bicyclic) bond motifs is 2. The molecule has 1 aliphatic rings. The predicted octanol–water partition coefficient (Wildman–Crippen LogP) is 4.51. The fourth-order valence-electron chi connectivity index (χ4n) is 4.25. The highest BCUT2D eigenvalue weighted by molar-refractivity contribution is 9.10. The van der Waals surface area contributed by atoms with Crippen LogP contribution >= 0.6 is 15.9 Å². The molecule has 0 bridgehead atoms. The van der Waals surface area contributed by atoms with Crippen LogP contribution < -0.4 is 0 Å². The van der Waals surface area contributed by atoms with Crippen LogP contribution in [0.3, 0.4) is 0 Å². The van der Waals surface area contributed by atoms with Gasteiger partial charge in [0.25, 0.3) is 5.91 Å². The van der Waals surface area contributed by atoms with Crippen molar-refractivity contribution in [3.05, 3.63) is 70.0 Å². The number of amides is 2. The Labute approximate surface area is 187 Å². The van der Waals surface area contributed by atoms with Crippen LogP contribution in [0, 0.1) is 6.92 Å². The van der Waals surface area contributed by atoms with Crippen molar-refractivity contribution < 1.29 is 14.0 Å². The Morgan fingerprint density at radius 3 is 2.58 bits per heavy atom. The fraction of sp³-hybridized carbons (Fsp3) is 0.250. The van der Waals surface area contributed by atoms with E-state index in [1.165, 1.54) is 0 Å². The predicted molar refractivity (Wildman–Crippen MR) is 123 cm³/mol. The lowest BCUT2D eigenvalue weighted by atomic mass is 10.1. The minimum absolute atomic E-state index is 0.0848. The molecule has 3 heterocycles. The van der Waals surface area contributed by atoms with Crippen molar-refractivity contribution in [3.8, 4) is 0 Å². The number of H-pyrrole nitrogens is 1. The molecule has 6 nitrogen and oxygen atoms in total. The van der Waals surface area contributed by atoms with Crippen molar-refractivity contribution in [3.63, 3.8) is 0 Å². The van der Waals surface area contributed by atoms with Gasteiger partial charge in [0.1, 0.15) is 5.58 Å². The molecule has 2 aromatic heterocycles. The van der Waals surface area contributed by atoms with Gasteiger partial charge in [-0.2, -0.15) is 0 Å². The number of hydrogen-bond acceptors (Lipinski definition) is 3. The summed E-state index contributed by atoms with van der Waals surface area (Å²) in [5.41, 5.74) is 3.59. The lowest BCUT2D eigenvalue weighted by molar-refractivity contribution is -0.131. The second-order valence-electron chi connectivity index (χ2n) is 7.91. The summed E-state index contributed by atoms with van der Waals surface area (Å²) in [6.45, 7) is 3.96. The quantitative estimate of drug-likeness (QED) is 0.469. The van der Waals surface area contributed by atoms with Crippen LogP contribution in [-0.2, 0) is 11.2 Å². The summed E-state index contributed by atoms with van der Waals surface area (Å²) in [5.74, 6) is 0.349. The number of aryl methyl sites for hydroxylation is 1. The first-order valence-electron chi connectivity index (χ1n) is 10.3. The molecular formula is C24H22BrN3O3. The minimum Gasteiger partial charge on any atom is -0.451 e. The van der Waals surface area contributed by atoms with E-state index in [0.717, 1.165) is 31.9 Å². The summed E-state index contributed by atoms with van der Waals surface area (Å²) >= 11 is 3.47. The van der Waals surface area contributed by atoms with Crippen LogP contribution in [0.4, 0.5) is 0 Å². The van der Waals surface area contributed by atoms with Crippen LogP contribution in [0.1, 0.15) is 21.7 Å². The first-order chi connectivity index (χ1) is 15.0. The minimum atomic E-state index is -0.117. The SMILES string of the molecule is Cc1c(C(=O)N2CCN(C(=O)Cc3c[nH]c4ccccc34)CC2)oc2ccc(Br)cc12. The zero-order chi connectivity index (χ0) is 21.5. The van der Waals surface area contributed by atoms with E-state index in [1.54, 1.807) is 4.90 Å². The summed E-state index contributed by atoms with van der Waals surface area (Å²) < 4.78 is 6.81. The van der Waals surface area contributed by atoms with Crippen LogP contribution in [0.25, 0.3) is 21.9 Å². The molecular weight excluding hydrogens is 458 g/mol. The molecule has 4 aromatic rings. The highest BCUT2D eigenvalue weighted by Crippen LogP contribution is 2.29. The van der Waals surface area contributed by atoms with Crippen molar-refractivity contribution in [1.82, 2.24) is 14.8 Å². The number of nitrogens with zero attached hydrogens (tertiary/aromatic N) is 2. The second kappa shape index (κ2) is 7.89. The van der Waals surface area contributed by atoms with Crippen LogP contribution in [0.5, 0.6) is 0 Å². The van der Waals surface area contributed by atoms with E-state index in [0.29, 0.717) is 43.9 Å². The van der Waals surface area contributed by atoms with Gasteiger partial charge in [0.15, 0.2) is 5.76 Å². The topological polar surface area (TPSA) is 69.6 Å². The van der Waals surface area contributed by atoms with E-state index < -0.39 is 0 Å². The number of para-hydroxylation sites is 1. The smallest absolute Gasteiger partial charge is 0.290 e. The zero-order valence-electron chi connectivity index (χ0n) is 17.2. The molecule has 2 amide bonds. The molecule has 7 heteroatoms. The van der Waals surface area contributed by atoms with E-state index in [-0.39, 0.29) is 11.8 Å². The van der Waals surface area contributed by atoms with Gasteiger partial charge in [-0.25, -0.2) is 0 Å². The van der Waals surface area contributed by atoms with Crippen molar-refractivity contribution in [1.29, 1.82) is 0 Å². The number of hydrogen-bond donors (Lipinski definition) is 1. The molecule has 0 aliphatic carbocycles. The molecule has 1 saturated heterocycles. The zero-order valence-corrected chi connectivity index (χ0v) is 18.7. The number of benzene rings is 2. The molecule has 1 fully saturated rings. The lowest BCUT2D eigenvalue weighted by Gasteiger charge is -2.34. The average Bonchev–Trinajstić information content (AvgIpc) is 3.34. The number of aromatic amines is 1. The van der Waals surface area contributed by atoms with Crippen LogP contribution in [-0.4, -0.2) is 52.8 Å². The van der Waals surface area contributed by atoms with Gasteiger partial charge in [0, 0.05) is 58.7 Å². The highest BCUT2D eigenvalue weighted by Gasteiger charge is 2.28. The summed E-state index contributed by atoms with van der Waals surface area (Å²) in [4.78, 5) is 32.7. The van der Waals surface area contributed by atoms with Gasteiger partial charge >= 0.3 is 0 Å². The normalized spacial score (nSPS) is 14.5. The van der Waals surface area contributed by atoms with Crippen LogP contribution in [0.15, 0.2) is 57.6 Å². The number of carbonyl (C=O) groups excluding carboxylic acids is 2. The molecule has 2 aromatic carbocycles. The second-order valence-corrected chi connectivity index (χ2v) is 8.82. The van der Waals surface area contributed by atoms with Gasteiger partial charge in [-0.05, 0) is 36.8 Å². The number of rotatable bonds is 3. The van der Waals surface area contributed by atoms with E-state index in [4.69, 9.17) is 4.42 Å². The summed E-state index contributed by atoms with van der Waals surface area (Å²) in [5, 5.41) is 2.02. The Balaban J connectivity index is 1.25. The van der Waals surface area contributed by atoms with Crippen molar-refractivity contribution in [2.45, 2.75) is 13.3 Å². The standard InChI is InChI=1S/C24H22BrN3O3/c1-15-19-13-17(25)6-7-21(19)31-23(15)24(30)28-10-8-27(9-11-28)22(29)12-16-14-26-20-5-3-2-4-18(16)20/h2-7,13-14,26H,8-12H2,1H3. The van der Waals surface area contributed by atoms with Crippen molar-refractivity contribution in [2.24, 2.45) is 0 Å². The van der Waals surface area contributed by atoms with E-state index >= 15 is 0 Å². The maximum atomic E-state index is 13.1. The van der Waals surface area contributed by atoms with Gasteiger partial charge < -0.3 is 19.2 Å². The third-order valence-electron chi connectivity index (χ3n) is 6.03. The third-order valence-corrected chi connectivity index (χ3v) is 6.52. The van der Waals surface area contributed by atoms with Gasteiger partial charge in [-0.15, -0.1) is 0 Å². The number of carbonyl (C=O) groups is 2.